The Morgan fingerprint density at radius 3 is 2.73 bits per heavy atom. The number of nitrogens with one attached hydrogen (secondary N) is 1. The van der Waals surface area contributed by atoms with Crippen LogP contribution in [0.2, 0.25) is 0 Å². The molecule has 1 amide bonds. The molecule has 8 heteroatoms. The SMILES string of the molecule is Cc1cc(C(=O)NCC(c2ccco2)N2CCOCC2)ccc1[N+](=O)[O-]. The molecule has 138 valence electrons. The van der Waals surface area contributed by atoms with Gasteiger partial charge in [-0.05, 0) is 31.2 Å². The molecule has 1 atom stereocenters. The molecule has 1 fully saturated rings. The number of benzene rings is 1. The van der Waals surface area contributed by atoms with E-state index in [0.29, 0.717) is 30.9 Å². The lowest BCUT2D eigenvalue weighted by atomic mass is 10.1. The Bertz CT molecular complexity index is 769. The van der Waals surface area contributed by atoms with Crippen molar-refractivity contribution in [3.8, 4) is 0 Å². The van der Waals surface area contributed by atoms with Crippen LogP contribution in [0.25, 0.3) is 0 Å². The highest BCUT2D eigenvalue weighted by atomic mass is 16.6. The monoisotopic (exact) mass is 359 g/mol. The third-order valence-electron chi connectivity index (χ3n) is 4.47. The lowest BCUT2D eigenvalue weighted by molar-refractivity contribution is -0.385. The fraction of sp³-hybridized carbons (Fsp3) is 0.389. The van der Waals surface area contributed by atoms with Gasteiger partial charge in [-0.25, -0.2) is 0 Å². The molecule has 1 aliphatic rings. The van der Waals surface area contributed by atoms with E-state index < -0.39 is 4.92 Å². The first-order valence-electron chi connectivity index (χ1n) is 8.44. The molecule has 3 rings (SSSR count). The van der Waals surface area contributed by atoms with Gasteiger partial charge in [-0.3, -0.25) is 19.8 Å². The number of aryl methyl sites for hydroxylation is 1. The summed E-state index contributed by atoms with van der Waals surface area (Å²) in [4.78, 5) is 25.1. The van der Waals surface area contributed by atoms with Crippen LogP contribution in [0.4, 0.5) is 5.69 Å². The average molecular weight is 359 g/mol. The molecular weight excluding hydrogens is 338 g/mol. The predicted octanol–water partition coefficient (Wildman–Crippen LogP) is 2.30. The van der Waals surface area contributed by atoms with Crippen molar-refractivity contribution < 1.29 is 18.9 Å². The fourth-order valence-electron chi connectivity index (χ4n) is 3.07. The number of rotatable bonds is 6. The van der Waals surface area contributed by atoms with Crippen molar-refractivity contribution in [3.05, 3.63) is 63.6 Å². The molecule has 2 aromatic rings. The highest BCUT2D eigenvalue weighted by Gasteiger charge is 2.25. The highest BCUT2D eigenvalue weighted by Crippen LogP contribution is 2.22. The third-order valence-corrected chi connectivity index (χ3v) is 4.47. The Morgan fingerprint density at radius 1 is 1.35 bits per heavy atom. The Morgan fingerprint density at radius 2 is 2.12 bits per heavy atom. The fourth-order valence-corrected chi connectivity index (χ4v) is 3.07. The minimum absolute atomic E-state index is 0.00308. The smallest absolute Gasteiger partial charge is 0.272 e. The van der Waals surface area contributed by atoms with Crippen molar-refractivity contribution in [1.29, 1.82) is 0 Å². The number of furan rings is 1. The molecule has 1 unspecified atom stereocenters. The van der Waals surface area contributed by atoms with Crippen molar-refractivity contribution in [2.75, 3.05) is 32.8 Å². The largest absolute Gasteiger partial charge is 0.468 e. The summed E-state index contributed by atoms with van der Waals surface area (Å²) in [6.07, 6.45) is 1.62. The van der Waals surface area contributed by atoms with Crippen LogP contribution in [-0.4, -0.2) is 48.6 Å². The quantitative estimate of drug-likeness (QED) is 0.628. The lowest BCUT2D eigenvalue weighted by Crippen LogP contribution is -2.43. The maximum atomic E-state index is 12.5. The zero-order valence-corrected chi connectivity index (χ0v) is 14.5. The number of hydrogen-bond acceptors (Lipinski definition) is 6. The van der Waals surface area contributed by atoms with Crippen LogP contribution in [0.15, 0.2) is 41.0 Å². The lowest BCUT2D eigenvalue weighted by Gasteiger charge is -2.33. The number of nitro groups is 1. The van der Waals surface area contributed by atoms with Gasteiger partial charge in [-0.2, -0.15) is 0 Å². The van der Waals surface area contributed by atoms with E-state index in [-0.39, 0.29) is 17.6 Å². The number of hydrogen-bond donors (Lipinski definition) is 1. The highest BCUT2D eigenvalue weighted by molar-refractivity contribution is 5.94. The van der Waals surface area contributed by atoms with Gasteiger partial charge in [0.25, 0.3) is 11.6 Å². The number of morpholine rings is 1. The van der Waals surface area contributed by atoms with Crippen LogP contribution in [0.3, 0.4) is 0 Å². The Kier molecular flexibility index (Phi) is 5.65. The van der Waals surface area contributed by atoms with Crippen LogP contribution < -0.4 is 5.32 Å². The van der Waals surface area contributed by atoms with Gasteiger partial charge in [-0.15, -0.1) is 0 Å². The molecule has 0 radical (unpaired) electrons. The Labute approximate surface area is 150 Å². The van der Waals surface area contributed by atoms with Crippen molar-refractivity contribution in [2.24, 2.45) is 0 Å². The molecule has 2 heterocycles. The zero-order chi connectivity index (χ0) is 18.5. The molecule has 0 bridgehead atoms. The van der Waals surface area contributed by atoms with Crippen LogP contribution in [0.1, 0.15) is 27.7 Å². The van der Waals surface area contributed by atoms with E-state index in [1.165, 1.54) is 18.2 Å². The summed E-state index contributed by atoms with van der Waals surface area (Å²) in [7, 11) is 0. The summed E-state index contributed by atoms with van der Waals surface area (Å²) >= 11 is 0. The maximum absolute atomic E-state index is 12.5. The summed E-state index contributed by atoms with van der Waals surface area (Å²) in [5.41, 5.74) is 0.856. The minimum Gasteiger partial charge on any atom is -0.468 e. The van der Waals surface area contributed by atoms with Gasteiger partial charge in [0, 0.05) is 36.8 Å². The summed E-state index contributed by atoms with van der Waals surface area (Å²) in [5.74, 6) is 0.514. The van der Waals surface area contributed by atoms with Crippen LogP contribution in [0.5, 0.6) is 0 Å². The molecule has 1 saturated heterocycles. The van der Waals surface area contributed by atoms with E-state index in [9.17, 15) is 14.9 Å². The van der Waals surface area contributed by atoms with Crippen molar-refractivity contribution in [3.63, 3.8) is 0 Å². The standard InChI is InChI=1S/C18H21N3O5/c1-13-11-14(4-5-15(13)21(23)24)18(22)19-12-16(17-3-2-8-26-17)20-6-9-25-10-7-20/h2-5,8,11,16H,6-7,9-10,12H2,1H3,(H,19,22). The van der Waals surface area contributed by atoms with E-state index in [4.69, 9.17) is 9.15 Å². The molecular formula is C18H21N3O5. The first kappa shape index (κ1) is 18.1. The molecule has 8 nitrogen and oxygen atoms in total. The summed E-state index contributed by atoms with van der Waals surface area (Å²) in [5, 5.41) is 13.8. The molecule has 0 spiro atoms. The van der Waals surface area contributed by atoms with Gasteiger partial charge in [0.2, 0.25) is 0 Å². The minimum atomic E-state index is -0.456. The molecule has 0 saturated carbocycles. The second-order valence-corrected chi connectivity index (χ2v) is 6.15. The van der Waals surface area contributed by atoms with Gasteiger partial charge in [0.1, 0.15) is 5.76 Å². The van der Waals surface area contributed by atoms with E-state index in [1.807, 2.05) is 12.1 Å². The van der Waals surface area contributed by atoms with E-state index in [1.54, 1.807) is 13.2 Å². The summed E-state index contributed by atoms with van der Waals surface area (Å²) in [6.45, 7) is 4.81. The summed E-state index contributed by atoms with van der Waals surface area (Å²) < 4.78 is 10.9. The van der Waals surface area contributed by atoms with Crippen molar-refractivity contribution >= 4 is 11.6 Å². The second-order valence-electron chi connectivity index (χ2n) is 6.15. The normalized spacial score (nSPS) is 16.2. The number of amides is 1. The maximum Gasteiger partial charge on any atom is 0.272 e. The van der Waals surface area contributed by atoms with Gasteiger partial charge in [0.05, 0.1) is 30.4 Å². The van der Waals surface area contributed by atoms with Crippen LogP contribution >= 0.6 is 0 Å². The molecule has 0 aliphatic carbocycles. The first-order valence-corrected chi connectivity index (χ1v) is 8.44. The van der Waals surface area contributed by atoms with Gasteiger partial charge in [0.15, 0.2) is 0 Å². The molecule has 26 heavy (non-hydrogen) atoms. The van der Waals surface area contributed by atoms with Crippen molar-refractivity contribution in [2.45, 2.75) is 13.0 Å². The van der Waals surface area contributed by atoms with Crippen molar-refractivity contribution in [1.82, 2.24) is 10.2 Å². The molecule has 1 N–H and O–H groups in total. The van der Waals surface area contributed by atoms with Gasteiger partial charge >= 0.3 is 0 Å². The Hall–Kier alpha value is -2.71. The van der Waals surface area contributed by atoms with Crippen LogP contribution in [-0.2, 0) is 4.74 Å². The van der Waals surface area contributed by atoms with E-state index >= 15 is 0 Å². The predicted molar refractivity (Wildman–Crippen MR) is 94.0 cm³/mol. The average Bonchev–Trinajstić information content (AvgIpc) is 3.16. The van der Waals surface area contributed by atoms with Gasteiger partial charge in [-0.1, -0.05) is 0 Å². The first-order chi connectivity index (χ1) is 12.6. The van der Waals surface area contributed by atoms with Crippen LogP contribution in [0, 0.1) is 17.0 Å². The molecule has 1 aromatic heterocycles. The van der Waals surface area contributed by atoms with E-state index in [2.05, 4.69) is 10.2 Å². The number of ether oxygens (including phenoxy) is 1. The second kappa shape index (κ2) is 8.11. The molecule has 1 aromatic carbocycles. The van der Waals surface area contributed by atoms with E-state index in [0.717, 1.165) is 18.8 Å². The third kappa shape index (κ3) is 4.09. The molecule has 1 aliphatic heterocycles. The number of carbonyl (C=O) groups is 1. The number of nitro benzene ring substituents is 1. The van der Waals surface area contributed by atoms with Gasteiger partial charge < -0.3 is 14.5 Å². The topological polar surface area (TPSA) is 97.9 Å². The number of carbonyl (C=O) groups excluding carboxylic acids is 1. The summed E-state index contributed by atoms with van der Waals surface area (Å²) in [6, 6.07) is 7.99. The number of nitrogens with zero attached hydrogens (tertiary/aromatic N) is 2. The Balaban J connectivity index is 1.69. The zero-order valence-electron chi connectivity index (χ0n) is 14.5.